The van der Waals surface area contributed by atoms with Crippen LogP contribution in [0.5, 0.6) is 0 Å². The minimum Gasteiger partial charge on any atom is -0.392 e. The summed E-state index contributed by atoms with van der Waals surface area (Å²) in [5.74, 6) is 0. The fraction of sp³-hybridized carbons (Fsp3) is 0.400. The smallest absolute Gasteiger partial charge is 0.0693 e. The van der Waals surface area contributed by atoms with Gasteiger partial charge < -0.3 is 10.5 Å². The highest BCUT2D eigenvalue weighted by Crippen LogP contribution is 1.82. The molecule has 0 radical (unpaired) electrons. The minimum absolute atomic E-state index is 0.0278. The molecule has 0 saturated heterocycles. The van der Waals surface area contributed by atoms with Crippen LogP contribution in [0.4, 0.5) is 0 Å². The van der Waals surface area contributed by atoms with Gasteiger partial charge in [-0.15, -0.1) is 0 Å². The van der Waals surface area contributed by atoms with Gasteiger partial charge in [0, 0.05) is 6.21 Å². The zero-order valence-electron chi connectivity index (χ0n) is 4.31. The molecule has 7 heavy (non-hydrogen) atoms. The van der Waals surface area contributed by atoms with Crippen LogP contribution in [0.25, 0.3) is 0 Å². The van der Waals surface area contributed by atoms with Gasteiger partial charge in [0.05, 0.1) is 6.61 Å². The molecule has 0 atom stereocenters. The molecule has 0 unspecified atom stereocenters. The summed E-state index contributed by atoms with van der Waals surface area (Å²) in [6.07, 6.45) is 2.84. The number of allylic oxidation sites excluding steroid dienone is 1. The lowest BCUT2D eigenvalue weighted by Gasteiger charge is -1.86. The van der Waals surface area contributed by atoms with Crippen molar-refractivity contribution in [3.8, 4) is 0 Å². The van der Waals surface area contributed by atoms with Crippen molar-refractivity contribution in [3.05, 3.63) is 11.6 Å². The Balaban J connectivity index is 3.60. The Morgan fingerprint density at radius 2 is 2.43 bits per heavy atom. The molecular formula is C5H9NO. The maximum absolute atomic E-state index is 8.31. The van der Waals surface area contributed by atoms with Crippen LogP contribution in [-0.4, -0.2) is 17.9 Å². The van der Waals surface area contributed by atoms with Crippen LogP contribution in [0.2, 0.25) is 0 Å². The Hall–Kier alpha value is -0.630. The molecule has 0 fully saturated rings. The number of hydrogen-bond acceptors (Lipinski definition) is 2. The second-order valence-electron chi connectivity index (χ2n) is 1.17. The van der Waals surface area contributed by atoms with Gasteiger partial charge >= 0.3 is 0 Å². The van der Waals surface area contributed by atoms with Crippen LogP contribution in [0.1, 0.15) is 6.92 Å². The average Bonchev–Trinajstić information content (AvgIpc) is 1.72. The lowest BCUT2D eigenvalue weighted by molar-refractivity contribution is 0.337. The summed E-state index contributed by atoms with van der Waals surface area (Å²) >= 11 is 0. The van der Waals surface area contributed by atoms with Crippen LogP contribution < -0.4 is 0 Å². The number of rotatable bonds is 2. The van der Waals surface area contributed by atoms with E-state index in [1.165, 1.54) is 0 Å². The number of aliphatic hydroxyl groups excluding tert-OH is 1. The van der Waals surface area contributed by atoms with E-state index in [1.54, 1.807) is 13.0 Å². The highest BCUT2D eigenvalue weighted by molar-refractivity contribution is 5.75. The molecule has 0 saturated carbocycles. The molecule has 2 N–H and O–H groups in total. The number of nitrogens with one attached hydrogen (secondary N) is 1. The van der Waals surface area contributed by atoms with Crippen LogP contribution in [0, 0.1) is 5.41 Å². The third-order valence-corrected chi connectivity index (χ3v) is 0.739. The SMILES string of the molecule is C/C=C(\C=N)CO. The van der Waals surface area contributed by atoms with Crippen molar-refractivity contribution < 1.29 is 5.11 Å². The zero-order valence-corrected chi connectivity index (χ0v) is 4.31. The second kappa shape index (κ2) is 3.56. The first-order valence-electron chi connectivity index (χ1n) is 2.11. The van der Waals surface area contributed by atoms with E-state index in [9.17, 15) is 0 Å². The van der Waals surface area contributed by atoms with Crippen molar-refractivity contribution in [1.82, 2.24) is 0 Å². The predicted molar refractivity (Wildman–Crippen MR) is 29.6 cm³/mol. The lowest BCUT2D eigenvalue weighted by atomic mass is 10.3. The van der Waals surface area contributed by atoms with Crippen LogP contribution in [0.3, 0.4) is 0 Å². The normalized spacial score (nSPS) is 11.4. The molecule has 0 aliphatic heterocycles. The molecule has 0 spiro atoms. The van der Waals surface area contributed by atoms with Gasteiger partial charge in [-0.2, -0.15) is 0 Å². The van der Waals surface area contributed by atoms with Crippen molar-refractivity contribution in [2.75, 3.05) is 6.61 Å². The molecule has 0 heterocycles. The third-order valence-electron chi connectivity index (χ3n) is 0.739. The maximum atomic E-state index is 8.31. The van der Waals surface area contributed by atoms with Gasteiger partial charge in [0.15, 0.2) is 0 Å². The average molecular weight is 99.1 g/mol. The summed E-state index contributed by atoms with van der Waals surface area (Å²) in [6, 6.07) is 0. The molecule has 0 aliphatic carbocycles. The molecule has 2 heteroatoms. The zero-order chi connectivity index (χ0) is 5.70. The van der Waals surface area contributed by atoms with Crippen molar-refractivity contribution in [2.24, 2.45) is 0 Å². The predicted octanol–water partition coefficient (Wildman–Crippen LogP) is 0.575. The van der Waals surface area contributed by atoms with Crippen molar-refractivity contribution in [1.29, 1.82) is 5.41 Å². The van der Waals surface area contributed by atoms with Gasteiger partial charge in [-0.05, 0) is 12.5 Å². The molecule has 40 valence electrons. The Morgan fingerprint density at radius 3 is 2.43 bits per heavy atom. The van der Waals surface area contributed by atoms with E-state index in [2.05, 4.69) is 0 Å². The summed E-state index contributed by atoms with van der Waals surface area (Å²) < 4.78 is 0. The van der Waals surface area contributed by atoms with E-state index in [0.717, 1.165) is 6.21 Å². The van der Waals surface area contributed by atoms with E-state index < -0.39 is 0 Å². The monoisotopic (exact) mass is 99.1 g/mol. The van der Waals surface area contributed by atoms with Gasteiger partial charge in [-0.1, -0.05) is 6.08 Å². The first kappa shape index (κ1) is 6.37. The van der Waals surface area contributed by atoms with Crippen LogP contribution in [0.15, 0.2) is 11.6 Å². The largest absolute Gasteiger partial charge is 0.392 e. The maximum Gasteiger partial charge on any atom is 0.0693 e. The summed E-state index contributed by atoms with van der Waals surface area (Å²) in [7, 11) is 0. The fourth-order valence-electron chi connectivity index (χ4n) is 0.220. The van der Waals surface area contributed by atoms with Gasteiger partial charge in [0.1, 0.15) is 0 Å². The summed E-state index contributed by atoms with van der Waals surface area (Å²) in [5, 5.41) is 14.9. The minimum atomic E-state index is -0.0278. The number of hydrogen-bond donors (Lipinski definition) is 2. The standard InChI is InChI=1S/C5H9NO/c1-2-5(3-6)4-7/h2-3,6-7H,4H2,1H3/b5-2+,6-3?. The van der Waals surface area contributed by atoms with Crippen molar-refractivity contribution in [2.45, 2.75) is 6.92 Å². The molecular weight excluding hydrogens is 90.1 g/mol. The Kier molecular flexibility index (Phi) is 3.24. The lowest BCUT2D eigenvalue weighted by Crippen LogP contribution is -1.87. The van der Waals surface area contributed by atoms with E-state index >= 15 is 0 Å². The first-order chi connectivity index (χ1) is 3.35. The molecule has 0 bridgehead atoms. The highest BCUT2D eigenvalue weighted by Gasteiger charge is 1.80. The van der Waals surface area contributed by atoms with Crippen LogP contribution >= 0.6 is 0 Å². The van der Waals surface area contributed by atoms with Crippen LogP contribution in [-0.2, 0) is 0 Å². The van der Waals surface area contributed by atoms with Gasteiger partial charge in [-0.25, -0.2) is 0 Å². The van der Waals surface area contributed by atoms with Gasteiger partial charge in [-0.3, -0.25) is 0 Å². The molecule has 0 aromatic rings. The van der Waals surface area contributed by atoms with Gasteiger partial charge in [0.25, 0.3) is 0 Å². The fourth-order valence-corrected chi connectivity index (χ4v) is 0.220. The van der Waals surface area contributed by atoms with Crippen molar-refractivity contribution >= 4 is 6.21 Å². The summed E-state index contributed by atoms with van der Waals surface area (Å²) in [6.45, 7) is 1.76. The topological polar surface area (TPSA) is 44.1 Å². The Labute approximate surface area is 43.0 Å². The van der Waals surface area contributed by atoms with E-state index in [1.807, 2.05) is 0 Å². The molecule has 0 aromatic carbocycles. The second-order valence-corrected chi connectivity index (χ2v) is 1.17. The number of aliphatic hydroxyl groups is 1. The van der Waals surface area contributed by atoms with E-state index in [0.29, 0.717) is 5.57 Å². The third kappa shape index (κ3) is 2.11. The van der Waals surface area contributed by atoms with E-state index in [-0.39, 0.29) is 6.61 Å². The summed E-state index contributed by atoms with van der Waals surface area (Å²) in [5.41, 5.74) is 0.653. The quantitative estimate of drug-likeness (QED) is 0.488. The highest BCUT2D eigenvalue weighted by atomic mass is 16.3. The molecule has 0 rings (SSSR count). The first-order valence-corrected chi connectivity index (χ1v) is 2.11. The molecule has 2 nitrogen and oxygen atoms in total. The molecule has 0 aliphatic rings. The Bertz CT molecular complexity index is 86.1. The van der Waals surface area contributed by atoms with E-state index in [4.69, 9.17) is 10.5 Å². The molecule has 0 aromatic heterocycles. The Morgan fingerprint density at radius 1 is 1.86 bits per heavy atom. The van der Waals surface area contributed by atoms with Gasteiger partial charge in [0.2, 0.25) is 0 Å². The molecule has 0 amide bonds. The van der Waals surface area contributed by atoms with Crippen molar-refractivity contribution in [3.63, 3.8) is 0 Å². The summed E-state index contributed by atoms with van der Waals surface area (Å²) in [4.78, 5) is 0.